The molecule has 0 bridgehead atoms. The number of nitrogens with zero attached hydrogens (tertiary/aromatic N) is 3. The van der Waals surface area contributed by atoms with Gasteiger partial charge in [0.25, 0.3) is 0 Å². The molecule has 0 saturated heterocycles. The van der Waals surface area contributed by atoms with Crippen LogP contribution in [0.15, 0.2) is 52.5 Å². The smallest absolute Gasteiger partial charge is 0.342 e. The van der Waals surface area contributed by atoms with Crippen molar-refractivity contribution in [2.45, 2.75) is 31.5 Å². The van der Waals surface area contributed by atoms with Gasteiger partial charge in [-0.25, -0.2) is 9.78 Å². The van der Waals surface area contributed by atoms with Crippen molar-refractivity contribution >= 4 is 23.8 Å². The predicted octanol–water partition coefficient (Wildman–Crippen LogP) is 4.43. The molecule has 0 saturated carbocycles. The molecule has 0 spiro atoms. The molecule has 2 aromatic carbocycles. The summed E-state index contributed by atoms with van der Waals surface area (Å²) in [4.78, 5) is 16.1. The van der Waals surface area contributed by atoms with Gasteiger partial charge >= 0.3 is 5.97 Å². The van der Waals surface area contributed by atoms with Gasteiger partial charge < -0.3 is 14.6 Å². The molecule has 164 valence electrons. The van der Waals surface area contributed by atoms with Crippen molar-refractivity contribution in [1.29, 1.82) is 5.26 Å². The highest BCUT2D eigenvalue weighted by molar-refractivity contribution is 8.04. The first-order valence-corrected chi connectivity index (χ1v) is 10.7. The van der Waals surface area contributed by atoms with E-state index in [0.717, 1.165) is 36.0 Å². The summed E-state index contributed by atoms with van der Waals surface area (Å²) in [6.07, 6.45) is 3.19. The topological polar surface area (TPSA) is 121 Å². The van der Waals surface area contributed by atoms with Crippen LogP contribution in [0.2, 0.25) is 0 Å². The monoisotopic (exact) mass is 450 g/mol. The quantitative estimate of drug-likeness (QED) is 0.344. The molecule has 2 N–H and O–H groups in total. The van der Waals surface area contributed by atoms with Crippen LogP contribution < -0.4 is 9.47 Å². The lowest BCUT2D eigenvalue weighted by molar-refractivity contribution is -0.131. The Morgan fingerprint density at radius 1 is 1.28 bits per heavy atom. The highest BCUT2D eigenvalue weighted by atomic mass is 32.2. The Morgan fingerprint density at radius 3 is 2.81 bits per heavy atom. The van der Waals surface area contributed by atoms with Crippen molar-refractivity contribution in [2.75, 3.05) is 7.11 Å². The lowest BCUT2D eigenvalue weighted by atomic mass is 10.1. The van der Waals surface area contributed by atoms with E-state index in [-0.39, 0.29) is 11.5 Å². The van der Waals surface area contributed by atoms with Crippen LogP contribution in [0.1, 0.15) is 35.9 Å². The zero-order chi connectivity index (χ0) is 22.9. The number of nitriles is 1. The van der Waals surface area contributed by atoms with E-state index in [1.165, 1.54) is 13.2 Å². The molecule has 0 aliphatic carbocycles. The molecule has 1 aromatic heterocycles. The van der Waals surface area contributed by atoms with E-state index in [9.17, 15) is 15.2 Å². The Hall–Kier alpha value is -3.77. The van der Waals surface area contributed by atoms with Crippen LogP contribution in [0.4, 0.5) is 0 Å². The summed E-state index contributed by atoms with van der Waals surface area (Å²) in [6, 6.07) is 14.5. The molecular weight excluding hydrogens is 428 g/mol. The van der Waals surface area contributed by atoms with Gasteiger partial charge in [0, 0.05) is 12.0 Å². The number of nitrogens with one attached hydrogen (secondary N) is 1. The Labute approximate surface area is 189 Å². The van der Waals surface area contributed by atoms with Crippen LogP contribution in [-0.4, -0.2) is 33.4 Å². The fraction of sp³-hybridized carbons (Fsp3) is 0.217. The van der Waals surface area contributed by atoms with Gasteiger partial charge in [0.1, 0.15) is 17.3 Å². The Morgan fingerprint density at radius 2 is 2.09 bits per heavy atom. The van der Waals surface area contributed by atoms with Gasteiger partial charge in [-0.15, -0.1) is 5.10 Å². The third-order valence-electron chi connectivity index (χ3n) is 4.42. The summed E-state index contributed by atoms with van der Waals surface area (Å²) >= 11 is 0.973. The molecule has 0 amide bonds. The predicted molar refractivity (Wildman–Crippen MR) is 120 cm³/mol. The lowest BCUT2D eigenvalue weighted by Crippen LogP contribution is -2.00. The van der Waals surface area contributed by atoms with E-state index < -0.39 is 5.97 Å². The van der Waals surface area contributed by atoms with Gasteiger partial charge in [-0.05, 0) is 48.0 Å². The molecule has 8 nitrogen and oxygen atoms in total. The Balaban J connectivity index is 1.78. The third-order valence-corrected chi connectivity index (χ3v) is 5.29. The van der Waals surface area contributed by atoms with Crippen molar-refractivity contribution in [2.24, 2.45) is 0 Å². The number of carboxylic acid groups (broad SMARTS) is 1. The Kier molecular flexibility index (Phi) is 7.89. The molecule has 1 heterocycles. The summed E-state index contributed by atoms with van der Waals surface area (Å²) < 4.78 is 11.3. The van der Waals surface area contributed by atoms with Gasteiger partial charge in [0.05, 0.1) is 18.7 Å². The van der Waals surface area contributed by atoms with Crippen LogP contribution in [0.3, 0.4) is 0 Å². The van der Waals surface area contributed by atoms with E-state index in [2.05, 4.69) is 21.3 Å². The first-order chi connectivity index (χ1) is 15.5. The average molecular weight is 451 g/mol. The summed E-state index contributed by atoms with van der Waals surface area (Å²) in [5, 5.41) is 26.1. The number of aryl methyl sites for hydroxylation is 1. The first kappa shape index (κ1) is 22.9. The van der Waals surface area contributed by atoms with Gasteiger partial charge in [0.2, 0.25) is 5.16 Å². The maximum atomic E-state index is 11.7. The lowest BCUT2D eigenvalue weighted by Gasteiger charge is -2.12. The summed E-state index contributed by atoms with van der Waals surface area (Å²) in [7, 11) is 1.51. The number of hydrogen-bond donors (Lipinski definition) is 2. The largest absolute Gasteiger partial charge is 0.493 e. The molecule has 0 unspecified atom stereocenters. The number of thioether (sulfide) groups is 1. The van der Waals surface area contributed by atoms with Crippen molar-refractivity contribution < 1.29 is 19.4 Å². The minimum atomic E-state index is -1.08. The number of aromatic nitrogens is 3. The number of rotatable bonds is 10. The van der Waals surface area contributed by atoms with Crippen molar-refractivity contribution in [3.63, 3.8) is 0 Å². The second kappa shape index (κ2) is 11.0. The molecule has 3 rings (SSSR count). The summed E-state index contributed by atoms with van der Waals surface area (Å²) in [5.41, 5.74) is 1.93. The first-order valence-electron chi connectivity index (χ1n) is 9.87. The second-order valence-corrected chi connectivity index (χ2v) is 7.71. The minimum absolute atomic E-state index is 0.0747. The van der Waals surface area contributed by atoms with Gasteiger partial charge in [-0.3, -0.25) is 5.10 Å². The van der Waals surface area contributed by atoms with E-state index >= 15 is 0 Å². The number of methoxy groups -OCH3 is 1. The van der Waals surface area contributed by atoms with E-state index in [1.54, 1.807) is 30.3 Å². The molecule has 0 fully saturated rings. The highest BCUT2D eigenvalue weighted by Gasteiger charge is 2.15. The van der Waals surface area contributed by atoms with Crippen LogP contribution in [0, 0.1) is 11.3 Å². The highest BCUT2D eigenvalue weighted by Crippen LogP contribution is 2.32. The van der Waals surface area contributed by atoms with Crippen molar-refractivity contribution in [3.05, 3.63) is 69.9 Å². The van der Waals surface area contributed by atoms with Crippen LogP contribution in [0.25, 0.3) is 6.08 Å². The van der Waals surface area contributed by atoms with Crippen LogP contribution >= 0.6 is 11.8 Å². The fourth-order valence-electron chi connectivity index (χ4n) is 2.86. The molecule has 0 atom stereocenters. The molecular formula is C23H22N4O4S. The van der Waals surface area contributed by atoms with Gasteiger partial charge in [0.15, 0.2) is 11.5 Å². The number of ether oxygens (including phenoxy) is 2. The molecule has 32 heavy (non-hydrogen) atoms. The number of aliphatic carboxylic acids is 1. The summed E-state index contributed by atoms with van der Waals surface area (Å²) in [5.74, 6) is 0.580. The van der Waals surface area contributed by atoms with Crippen LogP contribution in [0.5, 0.6) is 11.5 Å². The SMILES string of the molecule is CCCc1nc(S/C(=C\c2ccc(OCc3ccccc3C#N)c(OC)c2)C(=O)O)n[nH]1. The molecule has 9 heteroatoms. The standard InChI is InChI=1S/C23H22N4O4S/c1-3-6-21-25-23(27-26-21)32-20(22(28)29)12-15-9-10-18(19(11-15)30-2)31-14-17-8-5-4-7-16(17)13-24/h4-5,7-12H,3,6,14H2,1-2H3,(H,28,29)(H,25,26,27)/b20-12-. The van der Waals surface area contributed by atoms with Crippen molar-refractivity contribution in [1.82, 2.24) is 15.2 Å². The molecule has 0 radical (unpaired) electrons. The maximum Gasteiger partial charge on any atom is 0.342 e. The Bertz CT molecular complexity index is 1170. The maximum absolute atomic E-state index is 11.7. The minimum Gasteiger partial charge on any atom is -0.493 e. The van der Waals surface area contributed by atoms with E-state index in [1.807, 2.05) is 19.1 Å². The number of aromatic amines is 1. The van der Waals surface area contributed by atoms with Crippen molar-refractivity contribution in [3.8, 4) is 17.6 Å². The number of H-pyrrole nitrogens is 1. The molecule has 0 aliphatic heterocycles. The normalized spacial score (nSPS) is 11.1. The molecule has 3 aromatic rings. The zero-order valence-electron chi connectivity index (χ0n) is 17.7. The zero-order valence-corrected chi connectivity index (χ0v) is 18.5. The number of hydrogen-bond acceptors (Lipinski definition) is 7. The van der Waals surface area contributed by atoms with Crippen LogP contribution in [-0.2, 0) is 17.8 Å². The summed E-state index contributed by atoms with van der Waals surface area (Å²) in [6.45, 7) is 2.23. The third kappa shape index (κ3) is 5.89. The number of carboxylic acids is 1. The number of carbonyl (C=O) groups is 1. The van der Waals surface area contributed by atoms with E-state index in [4.69, 9.17) is 9.47 Å². The second-order valence-electron chi connectivity index (χ2n) is 6.70. The number of benzene rings is 2. The van der Waals surface area contributed by atoms with Gasteiger partial charge in [-0.1, -0.05) is 31.2 Å². The van der Waals surface area contributed by atoms with E-state index in [0.29, 0.717) is 27.8 Å². The van der Waals surface area contributed by atoms with Gasteiger partial charge in [-0.2, -0.15) is 5.26 Å². The molecule has 0 aliphatic rings. The average Bonchev–Trinajstić information content (AvgIpc) is 3.24. The fourth-order valence-corrected chi connectivity index (χ4v) is 3.59.